The van der Waals surface area contributed by atoms with Crippen LogP contribution in [0.4, 0.5) is 0 Å². The molecule has 0 amide bonds. The van der Waals surface area contributed by atoms with Crippen molar-refractivity contribution in [2.45, 2.75) is 44.0 Å². The summed E-state index contributed by atoms with van der Waals surface area (Å²) in [6.45, 7) is 2.12. The zero-order valence-electron chi connectivity index (χ0n) is 9.91. The van der Waals surface area contributed by atoms with Crippen molar-refractivity contribution in [1.29, 1.82) is 0 Å². The Morgan fingerprint density at radius 1 is 1.31 bits per heavy atom. The number of hydrogen-bond donors (Lipinski definition) is 1. The smallest absolute Gasteiger partial charge is 0.0737 e. The topological polar surface area (TPSA) is 20.2 Å². The first-order chi connectivity index (χ1) is 7.68. The van der Waals surface area contributed by atoms with E-state index in [1.807, 2.05) is 11.8 Å². The molecule has 0 aliphatic heterocycles. The summed E-state index contributed by atoms with van der Waals surface area (Å²) in [5.41, 5.74) is 2.32. The molecule has 0 saturated heterocycles. The van der Waals surface area contributed by atoms with Crippen LogP contribution in [0.25, 0.3) is 0 Å². The molecule has 0 spiro atoms. The van der Waals surface area contributed by atoms with Crippen molar-refractivity contribution in [2.24, 2.45) is 0 Å². The zero-order chi connectivity index (χ0) is 11.4. The molecule has 88 valence electrons. The molecule has 2 rings (SSSR count). The fourth-order valence-corrected chi connectivity index (χ4v) is 3.52. The molecule has 0 bridgehead atoms. The Morgan fingerprint density at radius 3 is 2.75 bits per heavy atom. The predicted molar refractivity (Wildman–Crippen MR) is 70.8 cm³/mol. The van der Waals surface area contributed by atoms with Gasteiger partial charge in [0.25, 0.3) is 0 Å². The average molecular weight is 236 g/mol. The van der Waals surface area contributed by atoms with Crippen molar-refractivity contribution < 1.29 is 5.11 Å². The SMILES string of the molecule is Cc1cccc(CSCC2(O)CCCC2)c1. The molecule has 16 heavy (non-hydrogen) atoms. The third-order valence-electron chi connectivity index (χ3n) is 3.26. The van der Waals surface area contributed by atoms with Crippen molar-refractivity contribution in [3.63, 3.8) is 0 Å². The number of hydrogen-bond acceptors (Lipinski definition) is 2. The highest BCUT2D eigenvalue weighted by Gasteiger charge is 2.30. The first kappa shape index (κ1) is 12.0. The highest BCUT2D eigenvalue weighted by Crippen LogP contribution is 2.33. The second-order valence-corrected chi connectivity index (χ2v) is 5.90. The highest BCUT2D eigenvalue weighted by atomic mass is 32.2. The molecule has 0 heterocycles. The van der Waals surface area contributed by atoms with Crippen LogP contribution in [0, 0.1) is 6.92 Å². The molecule has 1 fully saturated rings. The fraction of sp³-hybridized carbons (Fsp3) is 0.571. The van der Waals surface area contributed by atoms with Gasteiger partial charge in [-0.1, -0.05) is 42.7 Å². The van der Waals surface area contributed by atoms with Gasteiger partial charge in [-0.3, -0.25) is 0 Å². The van der Waals surface area contributed by atoms with Gasteiger partial charge in [0, 0.05) is 11.5 Å². The molecule has 1 nitrogen and oxygen atoms in total. The molecular weight excluding hydrogens is 216 g/mol. The van der Waals surface area contributed by atoms with Crippen LogP contribution in [-0.4, -0.2) is 16.5 Å². The maximum atomic E-state index is 10.2. The van der Waals surface area contributed by atoms with E-state index in [2.05, 4.69) is 31.2 Å². The molecule has 1 aromatic rings. The summed E-state index contributed by atoms with van der Waals surface area (Å²) in [6.07, 6.45) is 4.38. The van der Waals surface area contributed by atoms with Crippen molar-refractivity contribution in [3.05, 3.63) is 35.4 Å². The van der Waals surface area contributed by atoms with Gasteiger partial charge in [0.1, 0.15) is 0 Å². The number of aryl methyl sites for hydroxylation is 1. The summed E-state index contributed by atoms with van der Waals surface area (Å²) >= 11 is 1.86. The van der Waals surface area contributed by atoms with E-state index in [4.69, 9.17) is 0 Å². The van der Waals surface area contributed by atoms with Crippen molar-refractivity contribution in [2.75, 3.05) is 5.75 Å². The summed E-state index contributed by atoms with van der Waals surface area (Å²) in [5.74, 6) is 1.91. The molecule has 1 N–H and O–H groups in total. The number of benzene rings is 1. The number of thioether (sulfide) groups is 1. The minimum absolute atomic E-state index is 0.367. The van der Waals surface area contributed by atoms with Gasteiger partial charge in [-0.2, -0.15) is 11.8 Å². The predicted octanol–water partition coefficient (Wildman–Crippen LogP) is 3.53. The van der Waals surface area contributed by atoms with Gasteiger partial charge in [-0.15, -0.1) is 0 Å². The first-order valence-electron chi connectivity index (χ1n) is 6.04. The largest absolute Gasteiger partial charge is 0.389 e. The second-order valence-electron chi connectivity index (χ2n) is 4.91. The molecule has 1 aliphatic rings. The van der Waals surface area contributed by atoms with E-state index in [0.29, 0.717) is 0 Å². The molecule has 2 heteroatoms. The lowest BCUT2D eigenvalue weighted by Gasteiger charge is -2.21. The molecule has 0 radical (unpaired) electrons. The summed E-state index contributed by atoms with van der Waals surface area (Å²) in [4.78, 5) is 0. The standard InChI is InChI=1S/C14H20OS/c1-12-5-4-6-13(9-12)10-16-11-14(15)7-2-3-8-14/h4-6,9,15H,2-3,7-8,10-11H2,1H3. The maximum Gasteiger partial charge on any atom is 0.0737 e. The molecule has 0 atom stereocenters. The highest BCUT2D eigenvalue weighted by molar-refractivity contribution is 7.98. The monoisotopic (exact) mass is 236 g/mol. The van der Waals surface area contributed by atoms with Crippen LogP contribution in [0.15, 0.2) is 24.3 Å². The van der Waals surface area contributed by atoms with Crippen LogP contribution >= 0.6 is 11.8 Å². The van der Waals surface area contributed by atoms with E-state index < -0.39 is 0 Å². The number of aliphatic hydroxyl groups is 1. The normalized spacial score (nSPS) is 18.9. The van der Waals surface area contributed by atoms with Gasteiger partial charge in [0.15, 0.2) is 0 Å². The average Bonchev–Trinajstić information content (AvgIpc) is 2.65. The van der Waals surface area contributed by atoms with E-state index in [1.165, 1.54) is 24.0 Å². The van der Waals surface area contributed by atoms with E-state index >= 15 is 0 Å². The summed E-state index contributed by atoms with van der Waals surface area (Å²) in [6, 6.07) is 8.62. The summed E-state index contributed by atoms with van der Waals surface area (Å²) < 4.78 is 0. The van der Waals surface area contributed by atoms with Gasteiger partial charge in [-0.05, 0) is 25.3 Å². The molecule has 0 aromatic heterocycles. The third kappa shape index (κ3) is 3.26. The van der Waals surface area contributed by atoms with E-state index in [-0.39, 0.29) is 5.60 Å². The Kier molecular flexibility index (Phi) is 3.93. The van der Waals surface area contributed by atoms with Gasteiger partial charge in [0.05, 0.1) is 5.60 Å². The van der Waals surface area contributed by atoms with Crippen LogP contribution in [0.1, 0.15) is 36.8 Å². The van der Waals surface area contributed by atoms with Crippen LogP contribution in [0.3, 0.4) is 0 Å². The first-order valence-corrected chi connectivity index (χ1v) is 7.19. The van der Waals surface area contributed by atoms with Crippen molar-refractivity contribution in [3.8, 4) is 0 Å². The van der Waals surface area contributed by atoms with Gasteiger partial charge >= 0.3 is 0 Å². The molecule has 1 aliphatic carbocycles. The lowest BCUT2D eigenvalue weighted by atomic mass is 10.1. The maximum absolute atomic E-state index is 10.2. The molecule has 1 aromatic carbocycles. The zero-order valence-corrected chi connectivity index (χ0v) is 10.7. The lowest BCUT2D eigenvalue weighted by molar-refractivity contribution is 0.0732. The Bertz CT molecular complexity index is 342. The van der Waals surface area contributed by atoms with Gasteiger partial charge in [-0.25, -0.2) is 0 Å². The van der Waals surface area contributed by atoms with Crippen LogP contribution in [0.2, 0.25) is 0 Å². The third-order valence-corrected chi connectivity index (χ3v) is 4.54. The number of rotatable bonds is 4. The van der Waals surface area contributed by atoms with Gasteiger partial charge in [0.2, 0.25) is 0 Å². The molecule has 1 saturated carbocycles. The van der Waals surface area contributed by atoms with Gasteiger partial charge < -0.3 is 5.11 Å². The minimum atomic E-state index is -0.367. The van der Waals surface area contributed by atoms with Crippen LogP contribution in [0.5, 0.6) is 0 Å². The van der Waals surface area contributed by atoms with Crippen molar-refractivity contribution >= 4 is 11.8 Å². The second kappa shape index (κ2) is 5.24. The Morgan fingerprint density at radius 2 is 2.06 bits per heavy atom. The van der Waals surface area contributed by atoms with E-state index in [9.17, 15) is 5.11 Å². The summed E-state index contributed by atoms with van der Waals surface area (Å²) in [5, 5.41) is 10.2. The minimum Gasteiger partial charge on any atom is -0.389 e. The lowest BCUT2D eigenvalue weighted by Crippen LogP contribution is -2.27. The molecule has 0 unspecified atom stereocenters. The fourth-order valence-electron chi connectivity index (χ4n) is 2.34. The summed E-state index contributed by atoms with van der Waals surface area (Å²) in [7, 11) is 0. The van der Waals surface area contributed by atoms with Crippen LogP contribution < -0.4 is 0 Å². The van der Waals surface area contributed by atoms with Crippen LogP contribution in [-0.2, 0) is 5.75 Å². The Hall–Kier alpha value is -0.470. The van der Waals surface area contributed by atoms with E-state index in [1.54, 1.807) is 0 Å². The van der Waals surface area contributed by atoms with Crippen molar-refractivity contribution in [1.82, 2.24) is 0 Å². The van der Waals surface area contributed by atoms with E-state index in [0.717, 1.165) is 24.3 Å². The quantitative estimate of drug-likeness (QED) is 0.863. The molecular formula is C14H20OS. The Labute approximate surface area is 102 Å². The Balaban J connectivity index is 1.79.